The topological polar surface area (TPSA) is 35.0 Å². The maximum Gasteiger partial charge on any atom is 0.120 e. The molecule has 0 bridgehead atoms. The maximum absolute atomic E-state index is 5.19. The standard InChI is InChI=1S/C17H12N2O/c1-20-15-6-2-4-13(12-15)8-9-14-5-3-7-16-17(14)19-11-10-18-16/h2-7,10-12H,1H3. The lowest BCUT2D eigenvalue weighted by molar-refractivity contribution is 0.414. The Morgan fingerprint density at radius 3 is 2.70 bits per heavy atom. The summed E-state index contributed by atoms with van der Waals surface area (Å²) in [5.74, 6) is 7.08. The summed E-state index contributed by atoms with van der Waals surface area (Å²) < 4.78 is 5.19. The summed E-state index contributed by atoms with van der Waals surface area (Å²) in [6.07, 6.45) is 3.36. The normalized spacial score (nSPS) is 9.85. The van der Waals surface area contributed by atoms with Crippen LogP contribution in [-0.4, -0.2) is 17.1 Å². The first-order valence-electron chi connectivity index (χ1n) is 6.22. The first-order chi connectivity index (χ1) is 9.86. The molecule has 3 heteroatoms. The van der Waals surface area contributed by atoms with Gasteiger partial charge in [0.1, 0.15) is 11.3 Å². The summed E-state index contributed by atoms with van der Waals surface area (Å²) in [6.45, 7) is 0. The van der Waals surface area contributed by atoms with Crippen LogP contribution in [-0.2, 0) is 0 Å². The largest absolute Gasteiger partial charge is 0.497 e. The highest BCUT2D eigenvalue weighted by molar-refractivity contribution is 5.80. The van der Waals surface area contributed by atoms with E-state index in [0.717, 1.165) is 27.9 Å². The molecule has 3 nitrogen and oxygen atoms in total. The summed E-state index contributed by atoms with van der Waals surface area (Å²) >= 11 is 0. The molecule has 96 valence electrons. The van der Waals surface area contributed by atoms with Gasteiger partial charge >= 0.3 is 0 Å². The smallest absolute Gasteiger partial charge is 0.120 e. The van der Waals surface area contributed by atoms with Gasteiger partial charge in [-0.1, -0.05) is 24.0 Å². The maximum atomic E-state index is 5.19. The predicted molar refractivity (Wildman–Crippen MR) is 78.5 cm³/mol. The van der Waals surface area contributed by atoms with E-state index in [9.17, 15) is 0 Å². The van der Waals surface area contributed by atoms with E-state index >= 15 is 0 Å². The molecule has 20 heavy (non-hydrogen) atoms. The second-order valence-electron chi connectivity index (χ2n) is 4.21. The average Bonchev–Trinajstić information content (AvgIpc) is 2.53. The molecule has 0 N–H and O–H groups in total. The third kappa shape index (κ3) is 2.45. The van der Waals surface area contributed by atoms with Crippen molar-refractivity contribution >= 4 is 11.0 Å². The van der Waals surface area contributed by atoms with E-state index in [0.29, 0.717) is 0 Å². The first kappa shape index (κ1) is 12.2. The number of fused-ring (bicyclic) bond motifs is 1. The number of rotatable bonds is 1. The Kier molecular flexibility index (Phi) is 3.30. The van der Waals surface area contributed by atoms with Gasteiger partial charge in [-0.05, 0) is 30.3 Å². The number of para-hydroxylation sites is 1. The van der Waals surface area contributed by atoms with Crippen LogP contribution in [0.25, 0.3) is 11.0 Å². The fourth-order valence-corrected chi connectivity index (χ4v) is 1.93. The number of methoxy groups -OCH3 is 1. The van der Waals surface area contributed by atoms with Crippen LogP contribution >= 0.6 is 0 Å². The summed E-state index contributed by atoms with van der Waals surface area (Å²) in [5, 5.41) is 0. The summed E-state index contributed by atoms with van der Waals surface area (Å²) in [7, 11) is 1.65. The second-order valence-corrected chi connectivity index (χ2v) is 4.21. The third-order valence-electron chi connectivity index (χ3n) is 2.91. The molecule has 0 fully saturated rings. The van der Waals surface area contributed by atoms with Gasteiger partial charge in [0.2, 0.25) is 0 Å². The van der Waals surface area contributed by atoms with Crippen molar-refractivity contribution in [3.63, 3.8) is 0 Å². The fraction of sp³-hybridized carbons (Fsp3) is 0.0588. The van der Waals surface area contributed by atoms with Crippen LogP contribution in [0.5, 0.6) is 5.75 Å². The molecule has 0 aliphatic heterocycles. The van der Waals surface area contributed by atoms with E-state index in [2.05, 4.69) is 21.8 Å². The van der Waals surface area contributed by atoms with Gasteiger partial charge in [-0.3, -0.25) is 9.97 Å². The van der Waals surface area contributed by atoms with Crippen LogP contribution in [0.4, 0.5) is 0 Å². The zero-order chi connectivity index (χ0) is 13.8. The molecule has 1 aromatic heterocycles. The van der Waals surface area contributed by atoms with Crippen LogP contribution < -0.4 is 4.74 Å². The molecular formula is C17H12N2O. The molecule has 0 amide bonds. The quantitative estimate of drug-likeness (QED) is 0.631. The van der Waals surface area contributed by atoms with Gasteiger partial charge < -0.3 is 4.74 Å². The van der Waals surface area contributed by atoms with Crippen LogP contribution in [0.2, 0.25) is 0 Å². The average molecular weight is 260 g/mol. The molecule has 2 aromatic carbocycles. The minimum Gasteiger partial charge on any atom is -0.497 e. The van der Waals surface area contributed by atoms with Gasteiger partial charge in [-0.2, -0.15) is 0 Å². The molecule has 0 spiro atoms. The minimum absolute atomic E-state index is 0.800. The molecule has 0 radical (unpaired) electrons. The zero-order valence-corrected chi connectivity index (χ0v) is 11.0. The lowest BCUT2D eigenvalue weighted by Crippen LogP contribution is -1.86. The zero-order valence-electron chi connectivity index (χ0n) is 11.0. The van der Waals surface area contributed by atoms with Crippen molar-refractivity contribution in [3.8, 4) is 17.6 Å². The van der Waals surface area contributed by atoms with E-state index in [-0.39, 0.29) is 0 Å². The Morgan fingerprint density at radius 1 is 0.950 bits per heavy atom. The molecule has 0 aliphatic rings. The molecule has 0 saturated carbocycles. The van der Waals surface area contributed by atoms with Crippen molar-refractivity contribution in [2.75, 3.05) is 7.11 Å². The van der Waals surface area contributed by atoms with Crippen LogP contribution in [0.1, 0.15) is 11.1 Å². The van der Waals surface area contributed by atoms with Crippen molar-refractivity contribution in [2.45, 2.75) is 0 Å². The van der Waals surface area contributed by atoms with E-state index < -0.39 is 0 Å². The highest BCUT2D eigenvalue weighted by Gasteiger charge is 1.99. The Bertz CT molecular complexity index is 810. The number of hydrogen-bond donors (Lipinski definition) is 0. The molecular weight excluding hydrogens is 248 g/mol. The first-order valence-corrected chi connectivity index (χ1v) is 6.22. The summed E-state index contributed by atoms with van der Waals surface area (Å²) in [6, 6.07) is 13.5. The van der Waals surface area contributed by atoms with Gasteiger partial charge in [0.15, 0.2) is 0 Å². The lowest BCUT2D eigenvalue weighted by atomic mass is 10.1. The van der Waals surface area contributed by atoms with Crippen LogP contribution in [0.3, 0.4) is 0 Å². The predicted octanol–water partition coefficient (Wildman–Crippen LogP) is 3.04. The van der Waals surface area contributed by atoms with Gasteiger partial charge in [0, 0.05) is 18.0 Å². The highest BCUT2D eigenvalue weighted by atomic mass is 16.5. The third-order valence-corrected chi connectivity index (χ3v) is 2.91. The Hall–Kier alpha value is -2.86. The van der Waals surface area contributed by atoms with E-state index in [1.165, 1.54) is 0 Å². The SMILES string of the molecule is COc1cccc(C#Cc2cccc3nccnc23)c1. The summed E-state index contributed by atoms with van der Waals surface area (Å²) in [5.41, 5.74) is 3.46. The van der Waals surface area contributed by atoms with Crippen molar-refractivity contribution in [2.24, 2.45) is 0 Å². The molecule has 1 heterocycles. The van der Waals surface area contributed by atoms with E-state index in [1.54, 1.807) is 19.5 Å². The van der Waals surface area contributed by atoms with Gasteiger partial charge in [0.25, 0.3) is 0 Å². The number of nitrogens with zero attached hydrogens (tertiary/aromatic N) is 2. The molecule has 0 atom stereocenters. The van der Waals surface area contributed by atoms with Gasteiger partial charge in [-0.25, -0.2) is 0 Å². The van der Waals surface area contributed by atoms with Crippen molar-refractivity contribution < 1.29 is 4.74 Å². The summed E-state index contributed by atoms with van der Waals surface area (Å²) in [4.78, 5) is 8.61. The van der Waals surface area contributed by atoms with Crippen molar-refractivity contribution in [1.29, 1.82) is 0 Å². The molecule has 3 aromatic rings. The minimum atomic E-state index is 0.800. The Morgan fingerprint density at radius 2 is 1.80 bits per heavy atom. The highest BCUT2D eigenvalue weighted by Crippen LogP contribution is 2.14. The van der Waals surface area contributed by atoms with Crippen LogP contribution in [0, 0.1) is 11.8 Å². The molecule has 0 aliphatic carbocycles. The van der Waals surface area contributed by atoms with Crippen LogP contribution in [0.15, 0.2) is 54.9 Å². The van der Waals surface area contributed by atoms with Gasteiger partial charge in [0.05, 0.1) is 18.2 Å². The monoisotopic (exact) mass is 260 g/mol. The lowest BCUT2D eigenvalue weighted by Gasteiger charge is -1.99. The molecule has 0 unspecified atom stereocenters. The van der Waals surface area contributed by atoms with Crippen molar-refractivity contribution in [1.82, 2.24) is 9.97 Å². The van der Waals surface area contributed by atoms with Gasteiger partial charge in [-0.15, -0.1) is 0 Å². The Balaban J connectivity index is 2.03. The Labute approximate surface area is 117 Å². The molecule has 3 rings (SSSR count). The number of aromatic nitrogens is 2. The van der Waals surface area contributed by atoms with E-state index in [1.807, 2.05) is 42.5 Å². The fourth-order valence-electron chi connectivity index (χ4n) is 1.93. The van der Waals surface area contributed by atoms with E-state index in [4.69, 9.17) is 4.74 Å². The number of ether oxygens (including phenoxy) is 1. The van der Waals surface area contributed by atoms with Crippen molar-refractivity contribution in [3.05, 3.63) is 66.0 Å². The number of hydrogen-bond acceptors (Lipinski definition) is 3. The molecule has 0 saturated heterocycles. The second kappa shape index (κ2) is 5.41. The number of benzene rings is 2.